The van der Waals surface area contributed by atoms with E-state index in [0.29, 0.717) is 30.9 Å². The molecule has 4 aromatic rings. The molecule has 1 aliphatic heterocycles. The summed E-state index contributed by atoms with van der Waals surface area (Å²) in [4.78, 5) is 53.5. The molecule has 2 aliphatic rings. The van der Waals surface area contributed by atoms with E-state index in [4.69, 9.17) is 9.47 Å². The molecule has 2 amide bonds. The third-order valence-corrected chi connectivity index (χ3v) is 8.28. The summed E-state index contributed by atoms with van der Waals surface area (Å²) in [7, 11) is 0. The first kappa shape index (κ1) is 27.6. The highest BCUT2D eigenvalue weighted by molar-refractivity contribution is 7.09. The van der Waals surface area contributed by atoms with Gasteiger partial charge in [-0.25, -0.2) is 4.79 Å². The number of anilines is 1. The van der Waals surface area contributed by atoms with Crippen molar-refractivity contribution in [2.45, 2.75) is 25.5 Å². The van der Waals surface area contributed by atoms with Crippen LogP contribution in [0, 0.1) is 0 Å². The zero-order valence-corrected chi connectivity index (χ0v) is 23.5. The largest absolute Gasteiger partial charge is 0.454 e. The molecule has 1 aliphatic carbocycles. The molecule has 1 unspecified atom stereocenters. The number of ether oxygens (including phenoxy) is 2. The first-order valence-corrected chi connectivity index (χ1v) is 14.6. The minimum Gasteiger partial charge on any atom is -0.454 e. The zero-order valence-electron chi connectivity index (χ0n) is 22.7. The smallest absolute Gasteiger partial charge is 0.338 e. The van der Waals surface area contributed by atoms with Crippen LogP contribution >= 0.6 is 11.3 Å². The summed E-state index contributed by atoms with van der Waals surface area (Å²) in [6, 6.07) is 23.8. The van der Waals surface area contributed by atoms with E-state index < -0.39 is 12.1 Å². The van der Waals surface area contributed by atoms with Gasteiger partial charge in [-0.3, -0.25) is 14.4 Å². The Morgan fingerprint density at radius 1 is 0.929 bits per heavy atom. The minimum atomic E-state index is -0.841. The lowest BCUT2D eigenvalue weighted by molar-refractivity contribution is -0.155. The van der Waals surface area contributed by atoms with E-state index in [1.165, 1.54) is 23.3 Å². The molecule has 0 spiro atoms. The first-order valence-electron chi connectivity index (χ1n) is 13.7. The molecule has 1 saturated heterocycles. The van der Waals surface area contributed by atoms with Crippen LogP contribution in [-0.2, 0) is 32.0 Å². The molecule has 1 aromatic heterocycles. The number of amides is 2. The zero-order chi connectivity index (χ0) is 29.1. The Hall–Kier alpha value is -4.60. The maximum atomic E-state index is 12.8. The van der Waals surface area contributed by atoms with E-state index in [0.717, 1.165) is 22.4 Å². The Labute approximate surface area is 246 Å². The number of nitrogens with zero attached hydrogens (tertiary/aromatic N) is 1. The van der Waals surface area contributed by atoms with E-state index in [1.807, 2.05) is 41.8 Å². The second-order valence-electron chi connectivity index (χ2n) is 10.2. The number of hydrogen-bond donors (Lipinski definition) is 1. The van der Waals surface area contributed by atoms with Crippen molar-refractivity contribution >= 4 is 40.6 Å². The summed E-state index contributed by atoms with van der Waals surface area (Å²) < 4.78 is 10.8. The highest BCUT2D eigenvalue weighted by Gasteiger charge is 2.31. The SMILES string of the molecule is O=C(CC1OCCN(Cc2cccs2)C1=O)Nc1ccc(C(=O)OCC(=O)c2ccc3c(c2)Cc2ccccc2-3)cc1. The third kappa shape index (κ3) is 6.02. The molecule has 9 heteroatoms. The number of rotatable bonds is 9. The first-order chi connectivity index (χ1) is 20.4. The van der Waals surface area contributed by atoms with Crippen LogP contribution in [0.1, 0.15) is 43.1 Å². The van der Waals surface area contributed by atoms with Crippen LogP contribution < -0.4 is 5.32 Å². The van der Waals surface area contributed by atoms with Crippen molar-refractivity contribution in [3.63, 3.8) is 0 Å². The second kappa shape index (κ2) is 12.1. The fourth-order valence-electron chi connectivity index (χ4n) is 5.27. The lowest BCUT2D eigenvalue weighted by Gasteiger charge is -2.32. The fourth-order valence-corrected chi connectivity index (χ4v) is 5.99. The molecule has 212 valence electrons. The molecule has 1 fully saturated rings. The van der Waals surface area contributed by atoms with Crippen LogP contribution in [0.15, 0.2) is 84.2 Å². The van der Waals surface area contributed by atoms with Crippen LogP contribution in [-0.4, -0.2) is 54.3 Å². The maximum absolute atomic E-state index is 12.8. The van der Waals surface area contributed by atoms with Crippen molar-refractivity contribution in [3.8, 4) is 11.1 Å². The van der Waals surface area contributed by atoms with E-state index in [9.17, 15) is 19.2 Å². The van der Waals surface area contributed by atoms with Gasteiger partial charge in [-0.2, -0.15) is 0 Å². The van der Waals surface area contributed by atoms with Gasteiger partial charge in [0.15, 0.2) is 12.4 Å². The van der Waals surface area contributed by atoms with Gasteiger partial charge in [0.25, 0.3) is 5.91 Å². The molecule has 1 N–H and O–H groups in total. The number of thiophene rings is 1. The number of esters is 1. The normalized spacial score (nSPS) is 15.6. The Kier molecular flexibility index (Phi) is 7.94. The van der Waals surface area contributed by atoms with Crippen LogP contribution in [0.5, 0.6) is 0 Å². The summed E-state index contributed by atoms with van der Waals surface area (Å²) in [6.45, 7) is 0.987. The van der Waals surface area contributed by atoms with Gasteiger partial charge in [0.1, 0.15) is 6.10 Å². The Balaban J connectivity index is 0.985. The van der Waals surface area contributed by atoms with Gasteiger partial charge in [0.2, 0.25) is 5.91 Å². The van der Waals surface area contributed by atoms with Crippen LogP contribution in [0.3, 0.4) is 0 Å². The number of ketones is 1. The molecule has 3 aromatic carbocycles. The highest BCUT2D eigenvalue weighted by atomic mass is 32.1. The van der Waals surface area contributed by atoms with Crippen LogP contribution in [0.25, 0.3) is 11.1 Å². The number of hydrogen-bond acceptors (Lipinski definition) is 7. The molecule has 42 heavy (non-hydrogen) atoms. The number of Topliss-reactive ketones (excluding diaryl/α,β-unsaturated/α-hetero) is 1. The van der Waals surface area contributed by atoms with Crippen molar-refractivity contribution in [2.24, 2.45) is 0 Å². The topological polar surface area (TPSA) is 102 Å². The summed E-state index contributed by atoms with van der Waals surface area (Å²) in [6.07, 6.45) is -0.181. The van der Waals surface area contributed by atoms with E-state index in [-0.39, 0.29) is 36.2 Å². The lowest BCUT2D eigenvalue weighted by atomic mass is 10.0. The summed E-state index contributed by atoms with van der Waals surface area (Å²) >= 11 is 1.58. The molecular formula is C33H28N2O6S. The highest BCUT2D eigenvalue weighted by Crippen LogP contribution is 2.36. The maximum Gasteiger partial charge on any atom is 0.338 e. The van der Waals surface area contributed by atoms with Gasteiger partial charge >= 0.3 is 5.97 Å². The van der Waals surface area contributed by atoms with Gasteiger partial charge < -0.3 is 19.7 Å². The quantitative estimate of drug-likeness (QED) is 0.192. The van der Waals surface area contributed by atoms with Gasteiger partial charge in [0.05, 0.1) is 25.1 Å². The number of benzene rings is 3. The fraction of sp³-hybridized carbons (Fsp3) is 0.212. The van der Waals surface area contributed by atoms with Crippen LogP contribution in [0.2, 0.25) is 0 Å². The van der Waals surface area contributed by atoms with E-state index >= 15 is 0 Å². The number of carbonyl (C=O) groups excluding carboxylic acids is 4. The standard InChI is InChI=1S/C33H28N2O6S/c36-29(23-9-12-28-24(17-23)16-22-4-1-2-6-27(22)28)20-41-33(39)21-7-10-25(11-8-21)34-31(37)18-30-32(38)35(13-14-40-30)19-26-5-3-15-42-26/h1-12,15,17,30H,13-14,16,18-20H2,(H,34,37). The predicted octanol–water partition coefficient (Wildman–Crippen LogP) is 5.12. The molecule has 8 nitrogen and oxygen atoms in total. The van der Waals surface area contributed by atoms with Crippen molar-refractivity contribution in [2.75, 3.05) is 25.1 Å². The van der Waals surface area contributed by atoms with Crippen molar-refractivity contribution < 1.29 is 28.7 Å². The molecule has 0 saturated carbocycles. The molecule has 2 heterocycles. The van der Waals surface area contributed by atoms with Crippen molar-refractivity contribution in [1.29, 1.82) is 0 Å². The number of nitrogens with one attached hydrogen (secondary N) is 1. The molecular weight excluding hydrogens is 552 g/mol. The summed E-state index contributed by atoms with van der Waals surface area (Å²) in [5.74, 6) is -1.49. The number of morpholine rings is 1. The number of fused-ring (bicyclic) bond motifs is 3. The van der Waals surface area contributed by atoms with E-state index in [2.05, 4.69) is 17.4 Å². The Bertz CT molecular complexity index is 1650. The van der Waals surface area contributed by atoms with Gasteiger partial charge in [-0.15, -0.1) is 11.3 Å². The van der Waals surface area contributed by atoms with E-state index in [1.54, 1.807) is 34.4 Å². The predicted molar refractivity (Wildman–Crippen MR) is 158 cm³/mol. The van der Waals surface area contributed by atoms with Gasteiger partial charge in [-0.05, 0) is 70.5 Å². The average Bonchev–Trinajstić information content (AvgIpc) is 3.65. The Morgan fingerprint density at radius 2 is 1.71 bits per heavy atom. The third-order valence-electron chi connectivity index (χ3n) is 7.42. The molecule has 1 atom stereocenters. The molecule has 6 rings (SSSR count). The van der Waals surface area contributed by atoms with Crippen molar-refractivity contribution in [3.05, 3.63) is 111 Å². The Morgan fingerprint density at radius 3 is 2.52 bits per heavy atom. The van der Waals surface area contributed by atoms with Crippen LogP contribution in [0.4, 0.5) is 5.69 Å². The number of carbonyl (C=O) groups is 4. The lowest BCUT2D eigenvalue weighted by Crippen LogP contribution is -2.48. The van der Waals surface area contributed by atoms with Crippen molar-refractivity contribution in [1.82, 2.24) is 4.90 Å². The summed E-state index contributed by atoms with van der Waals surface area (Å²) in [5, 5.41) is 4.70. The monoisotopic (exact) mass is 580 g/mol. The van der Waals surface area contributed by atoms with Gasteiger partial charge in [-0.1, -0.05) is 42.5 Å². The van der Waals surface area contributed by atoms with Gasteiger partial charge in [0, 0.05) is 22.7 Å². The second-order valence-corrected chi connectivity index (χ2v) is 11.3. The minimum absolute atomic E-state index is 0.111. The molecule has 0 radical (unpaired) electrons. The average molecular weight is 581 g/mol. The summed E-state index contributed by atoms with van der Waals surface area (Å²) in [5.41, 5.74) is 5.84. The molecule has 0 bridgehead atoms.